The fraction of sp³-hybridized carbons (Fsp3) is 0.125. The highest BCUT2D eigenvalue weighted by Crippen LogP contribution is 2.28. The van der Waals surface area contributed by atoms with E-state index in [1.807, 2.05) is 25.1 Å². The maximum atomic E-state index is 13.5. The molecular formula is C16H14ClF. The Bertz CT molecular complexity index is 588. The highest BCUT2D eigenvalue weighted by atomic mass is 35.5. The number of hydrogen-bond acceptors (Lipinski definition) is 0. The van der Waals surface area contributed by atoms with Crippen LogP contribution in [0.25, 0.3) is 11.1 Å². The van der Waals surface area contributed by atoms with E-state index in [0.717, 1.165) is 23.1 Å². The van der Waals surface area contributed by atoms with Crippen molar-refractivity contribution in [1.29, 1.82) is 0 Å². The molecule has 2 aromatic carbocycles. The fourth-order valence-electron chi connectivity index (χ4n) is 1.94. The number of hydrogen-bond donors (Lipinski definition) is 0. The summed E-state index contributed by atoms with van der Waals surface area (Å²) in [6.07, 6.45) is 2.67. The van der Waals surface area contributed by atoms with Crippen molar-refractivity contribution < 1.29 is 4.39 Å². The third kappa shape index (κ3) is 2.62. The molecule has 0 aromatic heterocycles. The van der Waals surface area contributed by atoms with Crippen molar-refractivity contribution in [3.05, 3.63) is 71.0 Å². The van der Waals surface area contributed by atoms with Gasteiger partial charge in [-0.1, -0.05) is 41.9 Å². The van der Waals surface area contributed by atoms with E-state index in [0.29, 0.717) is 0 Å². The fourth-order valence-corrected chi connectivity index (χ4v) is 2.06. The summed E-state index contributed by atoms with van der Waals surface area (Å²) in [5, 5.41) is 0.152. The Morgan fingerprint density at radius 2 is 2.00 bits per heavy atom. The lowest BCUT2D eigenvalue weighted by Gasteiger charge is -2.09. The summed E-state index contributed by atoms with van der Waals surface area (Å²) in [5.74, 6) is -0.386. The van der Waals surface area contributed by atoms with Gasteiger partial charge in [-0.05, 0) is 47.7 Å². The first kappa shape index (κ1) is 12.8. The molecule has 0 saturated carbocycles. The molecule has 0 aliphatic carbocycles. The molecule has 0 aliphatic heterocycles. The standard InChI is InChI=1S/C16H14ClF/c1-3-4-12-6-5-11(2)14(9-12)13-7-8-15(17)16(18)10-13/h3,5-10H,1,4H2,2H3. The Hall–Kier alpha value is -1.60. The minimum absolute atomic E-state index is 0.152. The lowest BCUT2D eigenvalue weighted by atomic mass is 9.97. The topological polar surface area (TPSA) is 0 Å². The number of aryl methyl sites for hydroxylation is 1. The predicted molar refractivity (Wildman–Crippen MR) is 75.5 cm³/mol. The molecule has 0 N–H and O–H groups in total. The van der Waals surface area contributed by atoms with Crippen LogP contribution in [0, 0.1) is 12.7 Å². The number of halogens is 2. The molecule has 0 spiro atoms. The molecule has 18 heavy (non-hydrogen) atoms. The maximum absolute atomic E-state index is 13.5. The summed E-state index contributed by atoms with van der Waals surface area (Å²) in [6.45, 7) is 5.74. The van der Waals surface area contributed by atoms with E-state index in [1.165, 1.54) is 11.6 Å². The molecule has 0 heterocycles. The molecule has 0 atom stereocenters. The minimum atomic E-state index is -0.386. The monoisotopic (exact) mass is 260 g/mol. The van der Waals surface area contributed by atoms with Gasteiger partial charge in [0.15, 0.2) is 0 Å². The molecule has 0 unspecified atom stereocenters. The van der Waals surface area contributed by atoms with Crippen LogP contribution in [0.3, 0.4) is 0 Å². The first-order valence-electron chi connectivity index (χ1n) is 5.77. The Balaban J connectivity index is 2.51. The van der Waals surface area contributed by atoms with Crippen LogP contribution in [-0.2, 0) is 6.42 Å². The summed E-state index contributed by atoms with van der Waals surface area (Å²) in [6, 6.07) is 11.1. The molecule has 0 fully saturated rings. The second-order valence-corrected chi connectivity index (χ2v) is 4.68. The van der Waals surface area contributed by atoms with E-state index in [1.54, 1.807) is 6.07 Å². The molecule has 0 amide bonds. The number of benzene rings is 2. The smallest absolute Gasteiger partial charge is 0.142 e. The highest BCUT2D eigenvalue weighted by Gasteiger charge is 2.06. The van der Waals surface area contributed by atoms with Gasteiger partial charge in [0, 0.05) is 0 Å². The summed E-state index contributed by atoms with van der Waals surface area (Å²) in [5.41, 5.74) is 4.16. The van der Waals surface area contributed by atoms with Gasteiger partial charge in [0.2, 0.25) is 0 Å². The van der Waals surface area contributed by atoms with Crippen LogP contribution in [0.1, 0.15) is 11.1 Å². The molecule has 2 aromatic rings. The van der Waals surface area contributed by atoms with Gasteiger partial charge >= 0.3 is 0 Å². The average Bonchev–Trinajstić information content (AvgIpc) is 2.35. The lowest BCUT2D eigenvalue weighted by molar-refractivity contribution is 0.629. The van der Waals surface area contributed by atoms with Gasteiger partial charge in [-0.15, -0.1) is 6.58 Å². The lowest BCUT2D eigenvalue weighted by Crippen LogP contribution is -1.89. The SMILES string of the molecule is C=CCc1ccc(C)c(-c2ccc(Cl)c(F)c2)c1. The summed E-state index contributed by atoms with van der Waals surface area (Å²) < 4.78 is 13.5. The summed E-state index contributed by atoms with van der Waals surface area (Å²) >= 11 is 5.70. The van der Waals surface area contributed by atoms with Crippen molar-refractivity contribution in [1.82, 2.24) is 0 Å². The van der Waals surface area contributed by atoms with Crippen LogP contribution in [-0.4, -0.2) is 0 Å². The molecule has 2 rings (SSSR count). The molecule has 0 saturated heterocycles. The van der Waals surface area contributed by atoms with Crippen molar-refractivity contribution in [2.75, 3.05) is 0 Å². The second kappa shape index (κ2) is 5.36. The maximum Gasteiger partial charge on any atom is 0.142 e. The quantitative estimate of drug-likeness (QED) is 0.667. The Morgan fingerprint density at radius 1 is 1.22 bits per heavy atom. The zero-order chi connectivity index (χ0) is 13.1. The summed E-state index contributed by atoms with van der Waals surface area (Å²) in [7, 11) is 0. The van der Waals surface area contributed by atoms with E-state index < -0.39 is 0 Å². The van der Waals surface area contributed by atoms with Crippen LogP contribution in [0.2, 0.25) is 5.02 Å². The van der Waals surface area contributed by atoms with Crippen LogP contribution >= 0.6 is 11.6 Å². The summed E-state index contributed by atoms with van der Waals surface area (Å²) in [4.78, 5) is 0. The van der Waals surface area contributed by atoms with Crippen molar-refractivity contribution >= 4 is 11.6 Å². The normalized spacial score (nSPS) is 10.4. The first-order chi connectivity index (χ1) is 8.61. The highest BCUT2D eigenvalue weighted by molar-refractivity contribution is 6.30. The van der Waals surface area contributed by atoms with Crippen molar-refractivity contribution in [3.8, 4) is 11.1 Å². The second-order valence-electron chi connectivity index (χ2n) is 4.27. The number of rotatable bonds is 3. The van der Waals surface area contributed by atoms with Gasteiger partial charge in [0.25, 0.3) is 0 Å². The average molecular weight is 261 g/mol. The molecule has 2 heteroatoms. The molecule has 92 valence electrons. The largest absolute Gasteiger partial charge is 0.205 e. The molecule has 0 bridgehead atoms. The van der Waals surface area contributed by atoms with E-state index >= 15 is 0 Å². The Morgan fingerprint density at radius 3 is 2.67 bits per heavy atom. The van der Waals surface area contributed by atoms with Crippen LogP contribution in [0.5, 0.6) is 0 Å². The van der Waals surface area contributed by atoms with E-state index in [-0.39, 0.29) is 10.8 Å². The van der Waals surface area contributed by atoms with Gasteiger partial charge in [0.1, 0.15) is 5.82 Å². The molecule has 0 nitrogen and oxygen atoms in total. The van der Waals surface area contributed by atoms with Crippen LogP contribution in [0.4, 0.5) is 4.39 Å². The van der Waals surface area contributed by atoms with Gasteiger partial charge in [-0.25, -0.2) is 4.39 Å². The zero-order valence-corrected chi connectivity index (χ0v) is 11.0. The van der Waals surface area contributed by atoms with Crippen LogP contribution < -0.4 is 0 Å². The Kier molecular flexibility index (Phi) is 3.83. The van der Waals surface area contributed by atoms with E-state index in [9.17, 15) is 4.39 Å². The third-order valence-corrected chi connectivity index (χ3v) is 3.22. The van der Waals surface area contributed by atoms with Crippen molar-refractivity contribution in [3.63, 3.8) is 0 Å². The predicted octanol–water partition coefficient (Wildman–Crippen LogP) is 5.18. The van der Waals surface area contributed by atoms with Gasteiger partial charge in [0.05, 0.1) is 5.02 Å². The third-order valence-electron chi connectivity index (χ3n) is 2.91. The minimum Gasteiger partial charge on any atom is -0.205 e. The Labute approximate surface area is 112 Å². The van der Waals surface area contributed by atoms with Crippen molar-refractivity contribution in [2.45, 2.75) is 13.3 Å². The van der Waals surface area contributed by atoms with Gasteiger partial charge < -0.3 is 0 Å². The number of allylic oxidation sites excluding steroid dienone is 1. The van der Waals surface area contributed by atoms with Crippen molar-refractivity contribution in [2.24, 2.45) is 0 Å². The molecule has 0 radical (unpaired) electrons. The van der Waals surface area contributed by atoms with E-state index in [4.69, 9.17) is 11.6 Å². The van der Waals surface area contributed by atoms with Crippen LogP contribution in [0.15, 0.2) is 49.1 Å². The van der Waals surface area contributed by atoms with E-state index in [2.05, 4.69) is 18.7 Å². The zero-order valence-electron chi connectivity index (χ0n) is 10.2. The van der Waals surface area contributed by atoms with Gasteiger partial charge in [-0.2, -0.15) is 0 Å². The molecular weight excluding hydrogens is 247 g/mol. The van der Waals surface area contributed by atoms with Gasteiger partial charge in [-0.3, -0.25) is 0 Å². The first-order valence-corrected chi connectivity index (χ1v) is 6.15. The molecule has 0 aliphatic rings.